The number of carbonyl (C=O) groups excluding carboxylic acids is 2. The first kappa shape index (κ1) is 24.6. The monoisotopic (exact) mass is 477 g/mol. The van der Waals surface area contributed by atoms with Gasteiger partial charge in [0, 0.05) is 72.4 Å². The van der Waals surface area contributed by atoms with Crippen LogP contribution in [0.2, 0.25) is 0 Å². The van der Waals surface area contributed by atoms with Gasteiger partial charge in [-0.25, -0.2) is 14.2 Å². The van der Waals surface area contributed by atoms with Gasteiger partial charge in [-0.2, -0.15) is 0 Å². The van der Waals surface area contributed by atoms with Crippen LogP contribution in [-0.2, 0) is 9.53 Å². The lowest BCUT2D eigenvalue weighted by Crippen LogP contribution is -2.49. The highest BCUT2D eigenvalue weighted by Crippen LogP contribution is 2.28. The number of ether oxygens (including phenoxy) is 1. The number of nitrogens with one attached hydrogen (secondary N) is 2. The van der Waals surface area contributed by atoms with E-state index in [9.17, 15) is 9.59 Å². The minimum atomic E-state index is -0.530. The van der Waals surface area contributed by atoms with Gasteiger partial charge in [-0.05, 0) is 25.2 Å². The predicted octanol–water partition coefficient (Wildman–Crippen LogP) is 0.161. The maximum absolute atomic E-state index is 15.1. The Kier molecular flexibility index (Phi) is 8.19. The van der Waals surface area contributed by atoms with Gasteiger partial charge in [-0.15, -0.1) is 0 Å². The second-order valence-corrected chi connectivity index (χ2v) is 9.22. The molecule has 3 aliphatic heterocycles. The third-order valence-electron chi connectivity index (χ3n) is 6.68. The van der Waals surface area contributed by atoms with E-state index in [1.807, 2.05) is 4.90 Å². The average molecular weight is 478 g/mol. The van der Waals surface area contributed by atoms with Crippen LogP contribution in [0, 0.1) is 5.82 Å². The minimum Gasteiger partial charge on any atom is -0.442 e. The summed E-state index contributed by atoms with van der Waals surface area (Å²) in [4.78, 5) is 31.6. The fourth-order valence-corrected chi connectivity index (χ4v) is 4.56. The topological polar surface area (TPSA) is 83.6 Å². The summed E-state index contributed by atoms with van der Waals surface area (Å²) in [5.74, 6) is -0.545. The van der Waals surface area contributed by atoms with E-state index >= 15 is 4.39 Å². The minimum absolute atomic E-state index is 0.185. The van der Waals surface area contributed by atoms with Crippen LogP contribution in [0.4, 0.5) is 20.6 Å². The number of likely N-dealkylation sites (N-methyl/N-ethyl adjacent to an activating group) is 1. The van der Waals surface area contributed by atoms with E-state index in [0.29, 0.717) is 17.9 Å². The Morgan fingerprint density at radius 3 is 2.68 bits per heavy atom. The Hall–Kier alpha value is -2.47. The average Bonchev–Trinajstić information content (AvgIpc) is 3.03. The van der Waals surface area contributed by atoms with Crippen molar-refractivity contribution in [3.8, 4) is 0 Å². The molecule has 0 aliphatic carbocycles. The Morgan fingerprint density at radius 1 is 1.15 bits per heavy atom. The molecular formula is C23H36FN7O3. The summed E-state index contributed by atoms with van der Waals surface area (Å²) in [7, 11) is 2.16. The van der Waals surface area contributed by atoms with E-state index in [-0.39, 0.29) is 24.8 Å². The van der Waals surface area contributed by atoms with E-state index in [0.717, 1.165) is 58.9 Å². The Bertz CT molecular complexity index is 865. The molecule has 3 fully saturated rings. The molecule has 4 rings (SSSR count). The largest absolute Gasteiger partial charge is 0.442 e. The normalized spacial score (nSPS) is 23.1. The van der Waals surface area contributed by atoms with Gasteiger partial charge in [0.05, 0.1) is 24.5 Å². The van der Waals surface area contributed by atoms with Crippen molar-refractivity contribution in [2.75, 3.05) is 95.4 Å². The maximum Gasteiger partial charge on any atom is 0.414 e. The van der Waals surface area contributed by atoms with Gasteiger partial charge >= 0.3 is 6.09 Å². The van der Waals surface area contributed by atoms with Gasteiger partial charge in [-0.1, -0.05) is 0 Å². The molecule has 2 N–H and O–H groups in total. The molecule has 2 amide bonds. The van der Waals surface area contributed by atoms with E-state index in [2.05, 4.69) is 32.6 Å². The molecule has 0 spiro atoms. The number of carbonyl (C=O) groups is 2. The lowest BCUT2D eigenvalue weighted by molar-refractivity contribution is -0.119. The number of piperazine rings is 1. The molecule has 1 atom stereocenters. The van der Waals surface area contributed by atoms with Gasteiger partial charge < -0.3 is 19.9 Å². The Morgan fingerprint density at radius 2 is 1.94 bits per heavy atom. The third kappa shape index (κ3) is 6.35. The van der Waals surface area contributed by atoms with Crippen LogP contribution in [0.3, 0.4) is 0 Å². The maximum atomic E-state index is 15.1. The zero-order valence-corrected chi connectivity index (χ0v) is 20.1. The van der Waals surface area contributed by atoms with Gasteiger partial charge in [0.1, 0.15) is 11.9 Å². The van der Waals surface area contributed by atoms with Crippen LogP contribution in [0.15, 0.2) is 18.2 Å². The van der Waals surface area contributed by atoms with E-state index in [1.165, 1.54) is 17.9 Å². The molecule has 0 saturated carbocycles. The molecule has 11 heteroatoms. The molecule has 3 heterocycles. The van der Waals surface area contributed by atoms with Crippen LogP contribution >= 0.6 is 0 Å². The van der Waals surface area contributed by atoms with Crippen molar-refractivity contribution < 1.29 is 18.7 Å². The number of hydrazine groups is 1. The number of halogens is 1. The standard InChI is InChI=1S/C23H36FN7O3/c1-18(32)25-16-20-17-31(23(33)34-20)19-3-4-22(21(24)15-19)29-6-5-26-30(14-12-29)13-11-28-9-7-27(2)8-10-28/h3-4,15,20,26H,5-14,16-17H2,1-2H3,(H,25,32)/t20-/m0/s1. The number of hydrogen-bond donors (Lipinski definition) is 2. The van der Waals surface area contributed by atoms with E-state index < -0.39 is 12.2 Å². The van der Waals surface area contributed by atoms with Crippen LogP contribution < -0.4 is 20.5 Å². The van der Waals surface area contributed by atoms with Crippen molar-refractivity contribution in [2.24, 2.45) is 0 Å². The first-order valence-corrected chi connectivity index (χ1v) is 12.1. The van der Waals surface area contributed by atoms with Crippen molar-refractivity contribution in [3.63, 3.8) is 0 Å². The quantitative estimate of drug-likeness (QED) is 0.575. The second kappa shape index (κ2) is 11.3. The third-order valence-corrected chi connectivity index (χ3v) is 6.68. The summed E-state index contributed by atoms with van der Waals surface area (Å²) in [6.07, 6.45) is -0.981. The molecule has 3 saturated heterocycles. The Balaban J connectivity index is 1.30. The zero-order valence-electron chi connectivity index (χ0n) is 20.1. The number of amides is 2. The van der Waals surface area contributed by atoms with Crippen LogP contribution in [0.1, 0.15) is 6.92 Å². The summed E-state index contributed by atoms with van der Waals surface area (Å²) >= 11 is 0. The van der Waals surface area contributed by atoms with Gasteiger partial charge in [-0.3, -0.25) is 20.0 Å². The fraction of sp³-hybridized carbons (Fsp3) is 0.652. The molecule has 0 unspecified atom stereocenters. The number of benzene rings is 1. The Labute approximate surface area is 200 Å². The van der Waals surface area contributed by atoms with Crippen molar-refractivity contribution in [3.05, 3.63) is 24.0 Å². The van der Waals surface area contributed by atoms with Crippen LogP contribution in [0.25, 0.3) is 0 Å². The lowest BCUT2D eigenvalue weighted by Gasteiger charge is -2.33. The highest BCUT2D eigenvalue weighted by atomic mass is 19.1. The predicted molar refractivity (Wildman–Crippen MR) is 128 cm³/mol. The summed E-state index contributed by atoms with van der Waals surface area (Å²) < 4.78 is 20.4. The first-order chi connectivity index (χ1) is 16.4. The number of nitrogens with zero attached hydrogens (tertiary/aromatic N) is 5. The molecule has 0 radical (unpaired) electrons. The molecule has 0 bridgehead atoms. The van der Waals surface area contributed by atoms with Gasteiger partial charge in [0.15, 0.2) is 0 Å². The molecule has 188 valence electrons. The molecule has 1 aromatic carbocycles. The highest BCUT2D eigenvalue weighted by molar-refractivity contribution is 5.90. The van der Waals surface area contributed by atoms with Gasteiger partial charge in [0.2, 0.25) is 5.91 Å². The molecule has 0 aromatic heterocycles. The van der Waals surface area contributed by atoms with E-state index in [4.69, 9.17) is 4.74 Å². The van der Waals surface area contributed by atoms with Crippen molar-refractivity contribution in [2.45, 2.75) is 13.0 Å². The van der Waals surface area contributed by atoms with Crippen LogP contribution in [0.5, 0.6) is 0 Å². The molecule has 1 aromatic rings. The van der Waals surface area contributed by atoms with Crippen molar-refractivity contribution in [1.82, 2.24) is 25.6 Å². The summed E-state index contributed by atoms with van der Waals surface area (Å²) in [6, 6.07) is 4.88. The van der Waals surface area contributed by atoms with Gasteiger partial charge in [0.25, 0.3) is 0 Å². The number of hydrogen-bond acceptors (Lipinski definition) is 8. The number of anilines is 2. The molecular weight excluding hydrogens is 441 g/mol. The summed E-state index contributed by atoms with van der Waals surface area (Å²) in [5, 5.41) is 4.88. The summed E-state index contributed by atoms with van der Waals surface area (Å²) in [6.45, 7) is 11.3. The number of cyclic esters (lactones) is 1. The zero-order chi connectivity index (χ0) is 24.1. The molecule has 10 nitrogen and oxygen atoms in total. The first-order valence-electron chi connectivity index (χ1n) is 12.1. The smallest absolute Gasteiger partial charge is 0.414 e. The molecule has 3 aliphatic rings. The fourth-order valence-electron chi connectivity index (χ4n) is 4.56. The second-order valence-electron chi connectivity index (χ2n) is 9.22. The van der Waals surface area contributed by atoms with Crippen molar-refractivity contribution >= 4 is 23.4 Å². The van der Waals surface area contributed by atoms with Crippen LogP contribution in [-0.4, -0.2) is 118 Å². The number of rotatable bonds is 7. The summed E-state index contributed by atoms with van der Waals surface area (Å²) in [5.41, 5.74) is 4.46. The SMILES string of the molecule is CC(=O)NC[C@H]1CN(c2ccc(N3CCNN(CCN4CCN(C)CC4)CC3)c(F)c2)C(=O)O1. The lowest BCUT2D eigenvalue weighted by atomic mass is 10.2. The van der Waals surface area contributed by atoms with Crippen molar-refractivity contribution in [1.29, 1.82) is 0 Å². The molecule has 34 heavy (non-hydrogen) atoms. The van der Waals surface area contributed by atoms with E-state index in [1.54, 1.807) is 12.1 Å². The highest BCUT2D eigenvalue weighted by Gasteiger charge is 2.33.